The molecule has 0 atom stereocenters. The zero-order valence-electron chi connectivity index (χ0n) is 9.45. The van der Waals surface area contributed by atoms with Crippen LogP contribution in [0.15, 0.2) is 18.2 Å². The minimum Gasteiger partial charge on any atom is -0.497 e. The largest absolute Gasteiger partial charge is 0.497 e. The molecule has 4 nitrogen and oxygen atoms in total. The molecule has 1 rings (SSSR count). The van der Waals surface area contributed by atoms with Gasteiger partial charge in [0.05, 0.1) is 14.2 Å². The molecule has 0 radical (unpaired) electrons. The van der Waals surface area contributed by atoms with Crippen molar-refractivity contribution in [3.05, 3.63) is 23.8 Å². The Labute approximate surface area is 91.0 Å². The van der Waals surface area contributed by atoms with Crippen LogP contribution in [0, 0.1) is 0 Å². The Bertz CT molecular complexity index is 290. The van der Waals surface area contributed by atoms with Gasteiger partial charge in [0, 0.05) is 0 Å². The highest BCUT2D eigenvalue weighted by molar-refractivity contribution is 5.40. The van der Waals surface area contributed by atoms with Crippen LogP contribution in [0.1, 0.15) is 12.0 Å². The zero-order valence-corrected chi connectivity index (χ0v) is 9.45. The van der Waals surface area contributed by atoms with E-state index in [0.29, 0.717) is 6.54 Å². The molecule has 0 unspecified atom stereocenters. The number of aryl methyl sites for hydroxylation is 1. The van der Waals surface area contributed by atoms with E-state index in [9.17, 15) is 0 Å². The molecule has 1 aromatic rings. The predicted octanol–water partition coefficient (Wildman–Crippen LogP) is 1.76. The smallest absolute Gasteiger partial charge is 0.122 e. The highest BCUT2D eigenvalue weighted by Crippen LogP contribution is 2.24. The quantitative estimate of drug-likeness (QED) is 0.779. The first-order valence-corrected chi connectivity index (χ1v) is 4.72. The number of rotatable bonds is 5. The lowest BCUT2D eigenvalue weighted by atomic mass is 10.1. The van der Waals surface area contributed by atoms with E-state index in [1.54, 1.807) is 14.2 Å². The van der Waals surface area contributed by atoms with Crippen molar-refractivity contribution in [1.82, 2.24) is 6.15 Å². The van der Waals surface area contributed by atoms with Crippen LogP contribution in [-0.2, 0) is 6.42 Å². The van der Waals surface area contributed by atoms with E-state index in [-0.39, 0.29) is 6.15 Å². The third kappa shape index (κ3) is 3.77. The summed E-state index contributed by atoms with van der Waals surface area (Å²) in [7, 11) is 3.34. The minimum atomic E-state index is 0. The van der Waals surface area contributed by atoms with Gasteiger partial charge in [-0.2, -0.15) is 0 Å². The molecular formula is C11H20N2O2. The fraction of sp³-hybridized carbons (Fsp3) is 0.455. The highest BCUT2D eigenvalue weighted by Gasteiger charge is 2.03. The molecule has 0 aliphatic rings. The first-order valence-electron chi connectivity index (χ1n) is 4.72. The third-order valence-corrected chi connectivity index (χ3v) is 2.14. The topological polar surface area (TPSA) is 79.5 Å². The van der Waals surface area contributed by atoms with Crippen LogP contribution in [0.2, 0.25) is 0 Å². The molecule has 0 saturated carbocycles. The van der Waals surface area contributed by atoms with Crippen molar-refractivity contribution in [2.24, 2.45) is 5.73 Å². The third-order valence-electron chi connectivity index (χ3n) is 2.14. The van der Waals surface area contributed by atoms with Crippen molar-refractivity contribution in [3.63, 3.8) is 0 Å². The van der Waals surface area contributed by atoms with Gasteiger partial charge in [-0.15, -0.1) is 0 Å². The van der Waals surface area contributed by atoms with Gasteiger partial charge in [-0.25, -0.2) is 0 Å². The second kappa shape index (κ2) is 7.09. The normalized spacial score (nSPS) is 9.27. The van der Waals surface area contributed by atoms with Crippen LogP contribution in [0.25, 0.3) is 0 Å². The summed E-state index contributed by atoms with van der Waals surface area (Å²) in [5.41, 5.74) is 6.62. The zero-order chi connectivity index (χ0) is 10.4. The maximum absolute atomic E-state index is 5.47. The fourth-order valence-electron chi connectivity index (χ4n) is 1.37. The molecular weight excluding hydrogens is 192 g/mol. The standard InChI is InChI=1S/C11H17NO2.H3N/c1-13-10-5-6-11(14-2)9(8-10)4-3-7-12;/h5-6,8H,3-4,7,12H2,1-2H3;1H3. The number of ether oxygens (including phenoxy) is 2. The van der Waals surface area contributed by atoms with E-state index in [2.05, 4.69) is 0 Å². The maximum Gasteiger partial charge on any atom is 0.122 e. The molecule has 0 amide bonds. The average Bonchev–Trinajstić information content (AvgIpc) is 2.25. The lowest BCUT2D eigenvalue weighted by Crippen LogP contribution is -2.01. The summed E-state index contributed by atoms with van der Waals surface area (Å²) in [5, 5.41) is 0. The Morgan fingerprint density at radius 1 is 1.20 bits per heavy atom. The molecule has 0 aliphatic heterocycles. The van der Waals surface area contributed by atoms with E-state index in [1.165, 1.54) is 0 Å². The monoisotopic (exact) mass is 212 g/mol. The van der Waals surface area contributed by atoms with Crippen LogP contribution < -0.4 is 21.4 Å². The molecule has 0 fully saturated rings. The van der Waals surface area contributed by atoms with Gasteiger partial charge in [0.1, 0.15) is 11.5 Å². The Kier molecular flexibility index (Phi) is 6.49. The molecule has 4 heteroatoms. The number of nitrogens with two attached hydrogens (primary N) is 1. The van der Waals surface area contributed by atoms with E-state index in [0.717, 1.165) is 29.9 Å². The number of hydrogen-bond acceptors (Lipinski definition) is 4. The first kappa shape index (κ1) is 13.7. The van der Waals surface area contributed by atoms with Gasteiger partial charge in [-0.05, 0) is 43.1 Å². The van der Waals surface area contributed by atoms with Crippen molar-refractivity contribution in [1.29, 1.82) is 0 Å². The summed E-state index contributed by atoms with van der Waals surface area (Å²) in [4.78, 5) is 0. The average molecular weight is 212 g/mol. The predicted molar refractivity (Wildman–Crippen MR) is 61.9 cm³/mol. The number of benzene rings is 1. The first-order chi connectivity index (χ1) is 6.81. The summed E-state index contributed by atoms with van der Waals surface area (Å²) in [6, 6.07) is 5.81. The van der Waals surface area contributed by atoms with Crippen LogP contribution >= 0.6 is 0 Å². The molecule has 0 bridgehead atoms. The summed E-state index contributed by atoms with van der Waals surface area (Å²) >= 11 is 0. The van der Waals surface area contributed by atoms with Gasteiger partial charge >= 0.3 is 0 Å². The van der Waals surface area contributed by atoms with Crippen molar-refractivity contribution >= 4 is 0 Å². The lowest BCUT2D eigenvalue weighted by molar-refractivity contribution is 0.398. The molecule has 15 heavy (non-hydrogen) atoms. The number of methoxy groups -OCH3 is 2. The summed E-state index contributed by atoms with van der Waals surface area (Å²) < 4.78 is 10.4. The fourth-order valence-corrected chi connectivity index (χ4v) is 1.37. The maximum atomic E-state index is 5.47. The van der Waals surface area contributed by atoms with Gasteiger partial charge in [0.15, 0.2) is 0 Å². The second-order valence-corrected chi connectivity index (χ2v) is 3.07. The molecule has 5 N–H and O–H groups in total. The Balaban J connectivity index is 0.00000196. The van der Waals surface area contributed by atoms with Gasteiger partial charge in [-0.3, -0.25) is 0 Å². The second-order valence-electron chi connectivity index (χ2n) is 3.07. The van der Waals surface area contributed by atoms with Crippen molar-refractivity contribution in [3.8, 4) is 11.5 Å². The van der Waals surface area contributed by atoms with E-state index in [1.807, 2.05) is 18.2 Å². The van der Waals surface area contributed by atoms with Crippen LogP contribution in [-0.4, -0.2) is 20.8 Å². The van der Waals surface area contributed by atoms with E-state index >= 15 is 0 Å². The van der Waals surface area contributed by atoms with Gasteiger partial charge in [0.2, 0.25) is 0 Å². The van der Waals surface area contributed by atoms with Gasteiger partial charge < -0.3 is 21.4 Å². The Morgan fingerprint density at radius 2 is 1.93 bits per heavy atom. The van der Waals surface area contributed by atoms with Gasteiger partial charge in [0.25, 0.3) is 0 Å². The molecule has 0 heterocycles. The summed E-state index contributed by atoms with van der Waals surface area (Å²) in [6.45, 7) is 0.695. The molecule has 0 aromatic heterocycles. The van der Waals surface area contributed by atoms with Crippen LogP contribution in [0.3, 0.4) is 0 Å². The summed E-state index contributed by atoms with van der Waals surface area (Å²) in [6.07, 6.45) is 1.89. The Hall–Kier alpha value is -1.26. The van der Waals surface area contributed by atoms with Crippen molar-refractivity contribution in [2.75, 3.05) is 20.8 Å². The van der Waals surface area contributed by atoms with Crippen LogP contribution in [0.5, 0.6) is 11.5 Å². The highest BCUT2D eigenvalue weighted by atomic mass is 16.5. The van der Waals surface area contributed by atoms with E-state index in [4.69, 9.17) is 15.2 Å². The molecule has 1 aromatic carbocycles. The summed E-state index contributed by atoms with van der Waals surface area (Å²) in [5.74, 6) is 1.76. The van der Waals surface area contributed by atoms with Crippen molar-refractivity contribution in [2.45, 2.75) is 12.8 Å². The molecule has 0 saturated heterocycles. The Morgan fingerprint density at radius 3 is 2.47 bits per heavy atom. The molecule has 0 aliphatic carbocycles. The minimum absolute atomic E-state index is 0. The number of hydrogen-bond donors (Lipinski definition) is 2. The van der Waals surface area contributed by atoms with Gasteiger partial charge in [-0.1, -0.05) is 0 Å². The lowest BCUT2D eigenvalue weighted by Gasteiger charge is -2.09. The van der Waals surface area contributed by atoms with Crippen molar-refractivity contribution < 1.29 is 9.47 Å². The van der Waals surface area contributed by atoms with Crippen LogP contribution in [0.4, 0.5) is 0 Å². The molecule has 0 spiro atoms. The molecule has 86 valence electrons. The van der Waals surface area contributed by atoms with E-state index < -0.39 is 0 Å². The SMILES string of the molecule is COc1ccc(OC)c(CCCN)c1.N.